The molecule has 3 rings (SSSR count). The number of carbonyl (C=O) groups excluding carboxylic acids is 2. The van der Waals surface area contributed by atoms with E-state index in [9.17, 15) is 9.59 Å². The van der Waals surface area contributed by atoms with Gasteiger partial charge in [0.2, 0.25) is 11.8 Å². The van der Waals surface area contributed by atoms with E-state index in [1.54, 1.807) is 12.1 Å². The molecule has 2 aromatic rings. The third-order valence-electron chi connectivity index (χ3n) is 4.91. The molecule has 6 heteroatoms. The second kappa shape index (κ2) is 9.97. The van der Waals surface area contributed by atoms with E-state index in [4.69, 9.17) is 5.73 Å². The summed E-state index contributed by atoms with van der Waals surface area (Å²) in [5, 5.41) is 2.90. The van der Waals surface area contributed by atoms with E-state index in [0.717, 1.165) is 6.42 Å². The molecule has 1 saturated heterocycles. The molecule has 3 N–H and O–H groups in total. The van der Waals surface area contributed by atoms with Crippen LogP contribution in [0.2, 0.25) is 0 Å². The molecule has 0 bridgehead atoms. The normalized spacial score (nSPS) is 14.3. The summed E-state index contributed by atoms with van der Waals surface area (Å²) in [6.07, 6.45) is 2.65. The van der Waals surface area contributed by atoms with Crippen molar-refractivity contribution < 1.29 is 9.59 Å². The van der Waals surface area contributed by atoms with Crippen molar-refractivity contribution in [2.75, 3.05) is 24.1 Å². The summed E-state index contributed by atoms with van der Waals surface area (Å²) in [6, 6.07) is 17.3. The second-order valence-electron chi connectivity index (χ2n) is 6.72. The molecular weight excluding hydrogens is 362 g/mol. The minimum Gasteiger partial charge on any atom is -0.397 e. The average molecular weight is 388 g/mol. The molecule has 2 amide bonds. The Hall–Kier alpha value is -2.53. The van der Waals surface area contributed by atoms with Gasteiger partial charge in [-0.2, -0.15) is 0 Å². The summed E-state index contributed by atoms with van der Waals surface area (Å²) < 4.78 is 0. The SMILES string of the molecule is Cl.Nc1ccccc1NC(=O)C1CCN(C(=O)CCc2ccccc2)CC1. The first-order valence-corrected chi connectivity index (χ1v) is 9.10. The van der Waals surface area contributed by atoms with Gasteiger partial charge in [0, 0.05) is 25.4 Å². The number of nitrogens with one attached hydrogen (secondary N) is 1. The fourth-order valence-electron chi connectivity index (χ4n) is 3.29. The molecule has 1 aliphatic heterocycles. The third kappa shape index (κ3) is 5.73. The number of nitrogens with zero attached hydrogens (tertiary/aromatic N) is 1. The number of anilines is 2. The van der Waals surface area contributed by atoms with Gasteiger partial charge in [-0.1, -0.05) is 42.5 Å². The third-order valence-corrected chi connectivity index (χ3v) is 4.91. The Labute approximate surface area is 166 Å². The number of piperidine rings is 1. The lowest BCUT2D eigenvalue weighted by molar-refractivity contribution is -0.134. The summed E-state index contributed by atoms with van der Waals surface area (Å²) in [5.74, 6) is 0.0760. The lowest BCUT2D eigenvalue weighted by Crippen LogP contribution is -2.41. The molecule has 1 aliphatic rings. The molecule has 0 spiro atoms. The zero-order valence-electron chi connectivity index (χ0n) is 15.3. The van der Waals surface area contributed by atoms with Gasteiger partial charge in [0.05, 0.1) is 11.4 Å². The number of benzene rings is 2. The lowest BCUT2D eigenvalue weighted by atomic mass is 9.95. The smallest absolute Gasteiger partial charge is 0.227 e. The quantitative estimate of drug-likeness (QED) is 0.771. The van der Waals surface area contributed by atoms with Crippen LogP contribution >= 0.6 is 12.4 Å². The molecule has 0 saturated carbocycles. The van der Waals surface area contributed by atoms with E-state index in [1.807, 2.05) is 47.4 Å². The summed E-state index contributed by atoms with van der Waals surface area (Å²) >= 11 is 0. The average Bonchev–Trinajstić information content (AvgIpc) is 2.69. The van der Waals surface area contributed by atoms with Crippen molar-refractivity contribution >= 4 is 35.6 Å². The van der Waals surface area contributed by atoms with Crippen LogP contribution in [0.1, 0.15) is 24.8 Å². The van der Waals surface area contributed by atoms with Crippen LogP contribution in [0.25, 0.3) is 0 Å². The Morgan fingerprint density at radius 2 is 1.63 bits per heavy atom. The molecule has 2 aromatic carbocycles. The van der Waals surface area contributed by atoms with Gasteiger partial charge in [-0.15, -0.1) is 12.4 Å². The Bertz CT molecular complexity index is 759. The topological polar surface area (TPSA) is 75.4 Å². The number of halogens is 1. The minimum absolute atomic E-state index is 0. The molecule has 0 unspecified atom stereocenters. The van der Waals surface area contributed by atoms with Crippen molar-refractivity contribution in [2.45, 2.75) is 25.7 Å². The Kier molecular flexibility index (Phi) is 7.67. The van der Waals surface area contributed by atoms with E-state index >= 15 is 0 Å². The molecule has 0 radical (unpaired) electrons. The molecule has 0 atom stereocenters. The van der Waals surface area contributed by atoms with Crippen LogP contribution in [-0.2, 0) is 16.0 Å². The number of amides is 2. The van der Waals surface area contributed by atoms with Gasteiger partial charge >= 0.3 is 0 Å². The molecule has 0 aromatic heterocycles. The van der Waals surface area contributed by atoms with Crippen LogP contribution in [-0.4, -0.2) is 29.8 Å². The molecule has 144 valence electrons. The first-order valence-electron chi connectivity index (χ1n) is 9.10. The van der Waals surface area contributed by atoms with Crippen molar-refractivity contribution in [1.82, 2.24) is 4.90 Å². The zero-order chi connectivity index (χ0) is 18.4. The van der Waals surface area contributed by atoms with Crippen molar-refractivity contribution in [3.8, 4) is 0 Å². The highest BCUT2D eigenvalue weighted by Gasteiger charge is 2.27. The number of carbonyl (C=O) groups is 2. The van der Waals surface area contributed by atoms with E-state index in [0.29, 0.717) is 43.7 Å². The summed E-state index contributed by atoms with van der Waals surface area (Å²) in [4.78, 5) is 26.7. The van der Waals surface area contributed by atoms with Crippen LogP contribution in [0.4, 0.5) is 11.4 Å². The molecule has 1 heterocycles. The maximum absolute atomic E-state index is 12.4. The van der Waals surface area contributed by atoms with E-state index in [2.05, 4.69) is 5.32 Å². The van der Waals surface area contributed by atoms with Gasteiger partial charge in [-0.3, -0.25) is 9.59 Å². The number of nitrogen functional groups attached to an aromatic ring is 1. The number of aryl methyl sites for hydroxylation is 1. The number of rotatable bonds is 5. The van der Waals surface area contributed by atoms with Crippen molar-refractivity contribution in [3.63, 3.8) is 0 Å². The zero-order valence-corrected chi connectivity index (χ0v) is 16.1. The van der Waals surface area contributed by atoms with Crippen LogP contribution in [0, 0.1) is 5.92 Å². The molecule has 1 fully saturated rings. The highest BCUT2D eigenvalue weighted by molar-refractivity contribution is 5.95. The van der Waals surface area contributed by atoms with E-state index < -0.39 is 0 Å². The minimum atomic E-state index is -0.0761. The number of para-hydroxylation sites is 2. The standard InChI is InChI=1S/C21H25N3O2.ClH/c22-18-8-4-5-9-19(18)23-21(26)17-12-14-24(15-13-17)20(25)11-10-16-6-2-1-3-7-16;/h1-9,17H,10-15,22H2,(H,23,26);1H. The number of likely N-dealkylation sites (tertiary alicyclic amines) is 1. The molecule has 27 heavy (non-hydrogen) atoms. The maximum atomic E-state index is 12.4. The Morgan fingerprint density at radius 3 is 2.30 bits per heavy atom. The monoisotopic (exact) mass is 387 g/mol. The Morgan fingerprint density at radius 1 is 1.00 bits per heavy atom. The van der Waals surface area contributed by atoms with Gasteiger partial charge in [0.25, 0.3) is 0 Å². The van der Waals surface area contributed by atoms with Crippen molar-refractivity contribution in [2.24, 2.45) is 5.92 Å². The van der Waals surface area contributed by atoms with Crippen LogP contribution in [0.3, 0.4) is 0 Å². The first-order chi connectivity index (χ1) is 12.6. The molecule has 5 nitrogen and oxygen atoms in total. The van der Waals surface area contributed by atoms with Crippen LogP contribution in [0.5, 0.6) is 0 Å². The van der Waals surface area contributed by atoms with Crippen molar-refractivity contribution in [1.29, 1.82) is 0 Å². The Balaban J connectivity index is 0.00000261. The summed E-state index contributed by atoms with van der Waals surface area (Å²) in [7, 11) is 0. The summed E-state index contributed by atoms with van der Waals surface area (Å²) in [6.45, 7) is 1.27. The maximum Gasteiger partial charge on any atom is 0.227 e. The number of nitrogens with two attached hydrogens (primary N) is 1. The number of hydrogen-bond donors (Lipinski definition) is 2. The highest BCUT2D eigenvalue weighted by Crippen LogP contribution is 2.22. The first kappa shape index (κ1) is 20.8. The summed E-state index contributed by atoms with van der Waals surface area (Å²) in [5.41, 5.74) is 8.27. The van der Waals surface area contributed by atoms with Crippen molar-refractivity contribution in [3.05, 3.63) is 60.2 Å². The van der Waals surface area contributed by atoms with Crippen LogP contribution < -0.4 is 11.1 Å². The molecular formula is C21H26ClN3O2. The number of hydrogen-bond acceptors (Lipinski definition) is 3. The molecule has 0 aliphatic carbocycles. The predicted octanol–water partition coefficient (Wildman–Crippen LogP) is 3.50. The lowest BCUT2D eigenvalue weighted by Gasteiger charge is -2.31. The fourth-order valence-corrected chi connectivity index (χ4v) is 3.29. The van der Waals surface area contributed by atoms with Gasteiger partial charge in [0.15, 0.2) is 0 Å². The second-order valence-corrected chi connectivity index (χ2v) is 6.72. The van der Waals surface area contributed by atoms with Gasteiger partial charge in [-0.05, 0) is 37.0 Å². The van der Waals surface area contributed by atoms with E-state index in [1.165, 1.54) is 5.56 Å². The highest BCUT2D eigenvalue weighted by atomic mass is 35.5. The van der Waals surface area contributed by atoms with E-state index in [-0.39, 0.29) is 30.1 Å². The van der Waals surface area contributed by atoms with Gasteiger partial charge in [-0.25, -0.2) is 0 Å². The van der Waals surface area contributed by atoms with Gasteiger partial charge in [0.1, 0.15) is 0 Å². The van der Waals surface area contributed by atoms with Gasteiger partial charge < -0.3 is 16.0 Å². The predicted molar refractivity (Wildman–Crippen MR) is 111 cm³/mol. The largest absolute Gasteiger partial charge is 0.397 e. The fraction of sp³-hybridized carbons (Fsp3) is 0.333. The van der Waals surface area contributed by atoms with Crippen LogP contribution in [0.15, 0.2) is 54.6 Å².